The van der Waals surface area contributed by atoms with E-state index >= 15 is 0 Å². The Hall–Kier alpha value is -2.46. The summed E-state index contributed by atoms with van der Waals surface area (Å²) in [6, 6.07) is 15.8. The minimum atomic E-state index is -3.68. The number of carbonyl (C=O) groups excluding carboxylic acids is 1. The number of sulfonamides is 1. The molecule has 0 bridgehead atoms. The number of piperazine rings is 1. The van der Waals surface area contributed by atoms with Crippen molar-refractivity contribution in [3.63, 3.8) is 0 Å². The van der Waals surface area contributed by atoms with Crippen LogP contribution in [0.25, 0.3) is 0 Å². The van der Waals surface area contributed by atoms with Crippen molar-refractivity contribution < 1.29 is 17.9 Å². The fourth-order valence-corrected chi connectivity index (χ4v) is 5.57. The van der Waals surface area contributed by atoms with E-state index in [0.29, 0.717) is 31.9 Å². The van der Waals surface area contributed by atoms with E-state index in [2.05, 4.69) is 21.2 Å². The molecule has 2 aliphatic heterocycles. The molecule has 1 N–H and O–H groups in total. The summed E-state index contributed by atoms with van der Waals surface area (Å²) in [4.78, 5) is 17.0. The van der Waals surface area contributed by atoms with E-state index in [1.807, 2.05) is 43.3 Å². The van der Waals surface area contributed by atoms with Crippen LogP contribution in [0.2, 0.25) is 0 Å². The Morgan fingerprint density at radius 3 is 2.42 bits per heavy atom. The van der Waals surface area contributed by atoms with E-state index in [1.54, 1.807) is 6.07 Å². The third-order valence-electron chi connectivity index (χ3n) is 6.03. The topological polar surface area (TPSA) is 82.2 Å². The summed E-state index contributed by atoms with van der Waals surface area (Å²) >= 11 is 0. The smallest absolute Gasteiger partial charge is 0.241 e. The molecule has 9 heteroatoms. The molecule has 4 rings (SSSR count). The van der Waals surface area contributed by atoms with Gasteiger partial charge in [0.15, 0.2) is 0 Å². The van der Waals surface area contributed by atoms with Crippen molar-refractivity contribution in [1.82, 2.24) is 9.21 Å². The summed E-state index contributed by atoms with van der Waals surface area (Å²) in [5.41, 5.74) is 3.96. The molecule has 2 heterocycles. The van der Waals surface area contributed by atoms with Crippen LogP contribution in [0, 0.1) is 6.92 Å². The number of morpholine rings is 1. The number of carbonyl (C=O) groups is 1. The van der Waals surface area contributed by atoms with Crippen molar-refractivity contribution >= 4 is 27.3 Å². The second-order valence-electron chi connectivity index (χ2n) is 8.62. The first-order valence-corrected chi connectivity index (χ1v) is 13.0. The van der Waals surface area contributed by atoms with Gasteiger partial charge in [0.05, 0.1) is 13.2 Å². The fraction of sp³-hybridized carbons (Fsp3) is 0.458. The highest BCUT2D eigenvalue weighted by Gasteiger charge is 2.29. The Balaban J connectivity index is 1.29. The number of ether oxygens (including phenoxy) is 1. The molecule has 0 radical (unpaired) electrons. The van der Waals surface area contributed by atoms with Crippen LogP contribution in [0.3, 0.4) is 0 Å². The fourth-order valence-electron chi connectivity index (χ4n) is 4.27. The lowest BCUT2D eigenvalue weighted by Gasteiger charge is -2.35. The van der Waals surface area contributed by atoms with Crippen molar-refractivity contribution in [2.45, 2.75) is 13.5 Å². The SMILES string of the molecule is Cc1cccc(N2CCN(S(=O)(=O)CC(=O)Nc3cccc(CN4CCOCC4)c3)CC2)c1. The maximum absolute atomic E-state index is 12.8. The number of benzene rings is 2. The first-order valence-electron chi connectivity index (χ1n) is 11.4. The average molecular weight is 473 g/mol. The number of rotatable bonds is 7. The predicted octanol–water partition coefficient (Wildman–Crippen LogP) is 1.92. The van der Waals surface area contributed by atoms with Gasteiger partial charge in [-0.25, -0.2) is 8.42 Å². The second-order valence-corrected chi connectivity index (χ2v) is 10.6. The zero-order valence-electron chi connectivity index (χ0n) is 19.1. The molecule has 1 amide bonds. The third-order valence-corrected chi connectivity index (χ3v) is 7.81. The lowest BCUT2D eigenvalue weighted by molar-refractivity contribution is -0.113. The van der Waals surface area contributed by atoms with Crippen molar-refractivity contribution in [2.75, 3.05) is 68.5 Å². The second kappa shape index (κ2) is 10.6. The van der Waals surface area contributed by atoms with Crippen LogP contribution in [-0.4, -0.2) is 81.8 Å². The third kappa shape index (κ3) is 6.54. The molecule has 0 saturated carbocycles. The van der Waals surface area contributed by atoms with E-state index in [9.17, 15) is 13.2 Å². The Bertz CT molecular complexity index is 1060. The Morgan fingerprint density at radius 2 is 1.70 bits per heavy atom. The molecule has 2 aromatic rings. The molecule has 178 valence electrons. The molecule has 2 aliphatic rings. The predicted molar refractivity (Wildman–Crippen MR) is 130 cm³/mol. The molecule has 0 unspecified atom stereocenters. The zero-order chi connectivity index (χ0) is 23.3. The van der Waals surface area contributed by atoms with Crippen molar-refractivity contribution in [1.29, 1.82) is 0 Å². The monoisotopic (exact) mass is 472 g/mol. The first-order chi connectivity index (χ1) is 15.9. The number of hydrogen-bond acceptors (Lipinski definition) is 6. The van der Waals surface area contributed by atoms with Gasteiger partial charge < -0.3 is 15.0 Å². The van der Waals surface area contributed by atoms with Crippen LogP contribution in [0.1, 0.15) is 11.1 Å². The Kier molecular flexibility index (Phi) is 7.64. The van der Waals surface area contributed by atoms with Gasteiger partial charge in [0, 0.05) is 57.2 Å². The van der Waals surface area contributed by atoms with Gasteiger partial charge >= 0.3 is 0 Å². The number of amides is 1. The summed E-state index contributed by atoms with van der Waals surface area (Å²) in [7, 11) is -3.68. The van der Waals surface area contributed by atoms with Gasteiger partial charge in [-0.3, -0.25) is 9.69 Å². The minimum Gasteiger partial charge on any atom is -0.379 e. The first kappa shape index (κ1) is 23.7. The van der Waals surface area contributed by atoms with Crippen LogP contribution >= 0.6 is 0 Å². The molecule has 0 atom stereocenters. The molecule has 2 aromatic carbocycles. The van der Waals surface area contributed by atoms with E-state index < -0.39 is 21.7 Å². The molecular weight excluding hydrogens is 440 g/mol. The number of aryl methyl sites for hydroxylation is 1. The lowest BCUT2D eigenvalue weighted by Crippen LogP contribution is -2.50. The van der Waals surface area contributed by atoms with Crippen LogP contribution in [0.5, 0.6) is 0 Å². The molecule has 0 spiro atoms. The van der Waals surface area contributed by atoms with Gasteiger partial charge in [0.2, 0.25) is 15.9 Å². The Labute approximate surface area is 196 Å². The maximum atomic E-state index is 12.8. The maximum Gasteiger partial charge on any atom is 0.241 e. The van der Waals surface area contributed by atoms with Gasteiger partial charge in [-0.1, -0.05) is 24.3 Å². The van der Waals surface area contributed by atoms with Gasteiger partial charge in [-0.05, 0) is 42.3 Å². The lowest BCUT2D eigenvalue weighted by atomic mass is 10.2. The van der Waals surface area contributed by atoms with Crippen molar-refractivity contribution in [2.24, 2.45) is 0 Å². The molecule has 0 aromatic heterocycles. The van der Waals surface area contributed by atoms with E-state index in [0.717, 1.165) is 44.1 Å². The molecule has 2 saturated heterocycles. The van der Waals surface area contributed by atoms with Gasteiger partial charge in [0.1, 0.15) is 5.75 Å². The molecule has 8 nitrogen and oxygen atoms in total. The zero-order valence-corrected chi connectivity index (χ0v) is 19.9. The van der Waals surface area contributed by atoms with Gasteiger partial charge in [0.25, 0.3) is 0 Å². The Morgan fingerprint density at radius 1 is 0.970 bits per heavy atom. The minimum absolute atomic E-state index is 0.374. The standard InChI is InChI=1S/C24H32N4O4S/c1-20-4-2-7-23(16-20)27-8-10-28(11-9-27)33(30,31)19-24(29)25-22-6-3-5-21(17-22)18-26-12-14-32-15-13-26/h2-7,16-17H,8-15,18-19H2,1H3,(H,25,29). The summed E-state index contributed by atoms with van der Waals surface area (Å²) in [5.74, 6) is -1.06. The normalized spacial score (nSPS) is 18.3. The summed E-state index contributed by atoms with van der Waals surface area (Å²) in [5, 5.41) is 2.76. The number of hydrogen-bond donors (Lipinski definition) is 1. The highest BCUT2D eigenvalue weighted by Crippen LogP contribution is 2.19. The van der Waals surface area contributed by atoms with Crippen LogP contribution in [-0.2, 0) is 26.1 Å². The summed E-state index contributed by atoms with van der Waals surface area (Å²) in [6.07, 6.45) is 0. The number of anilines is 2. The number of nitrogens with one attached hydrogen (secondary N) is 1. The molecule has 2 fully saturated rings. The van der Waals surface area contributed by atoms with E-state index in [-0.39, 0.29) is 0 Å². The highest BCUT2D eigenvalue weighted by atomic mass is 32.2. The van der Waals surface area contributed by atoms with Gasteiger partial charge in [-0.2, -0.15) is 4.31 Å². The van der Waals surface area contributed by atoms with E-state index in [4.69, 9.17) is 4.74 Å². The van der Waals surface area contributed by atoms with Crippen LogP contribution < -0.4 is 10.2 Å². The van der Waals surface area contributed by atoms with Crippen LogP contribution in [0.4, 0.5) is 11.4 Å². The summed E-state index contributed by atoms with van der Waals surface area (Å²) in [6.45, 7) is 8.00. The van der Waals surface area contributed by atoms with E-state index in [1.165, 1.54) is 9.87 Å². The van der Waals surface area contributed by atoms with Crippen molar-refractivity contribution in [3.8, 4) is 0 Å². The van der Waals surface area contributed by atoms with Crippen molar-refractivity contribution in [3.05, 3.63) is 59.7 Å². The highest BCUT2D eigenvalue weighted by molar-refractivity contribution is 7.89. The summed E-state index contributed by atoms with van der Waals surface area (Å²) < 4.78 is 32.5. The number of nitrogens with zero attached hydrogens (tertiary/aromatic N) is 3. The quantitative estimate of drug-likeness (QED) is 0.663. The molecule has 0 aliphatic carbocycles. The molecular formula is C24H32N4O4S. The average Bonchev–Trinajstić information content (AvgIpc) is 2.80. The van der Waals surface area contributed by atoms with Crippen LogP contribution in [0.15, 0.2) is 48.5 Å². The molecule has 33 heavy (non-hydrogen) atoms. The van der Waals surface area contributed by atoms with Gasteiger partial charge in [-0.15, -0.1) is 0 Å². The largest absolute Gasteiger partial charge is 0.379 e.